The zero-order chi connectivity index (χ0) is 13.5. The van der Waals surface area contributed by atoms with Gasteiger partial charge in [0, 0.05) is 11.8 Å². The third-order valence-electron chi connectivity index (χ3n) is 2.59. The van der Waals surface area contributed by atoms with E-state index < -0.39 is 6.09 Å². The van der Waals surface area contributed by atoms with E-state index in [2.05, 4.69) is 22.4 Å². The van der Waals surface area contributed by atoms with E-state index in [9.17, 15) is 4.79 Å². The van der Waals surface area contributed by atoms with Gasteiger partial charge < -0.3 is 4.74 Å². The van der Waals surface area contributed by atoms with Crippen LogP contribution in [0.15, 0.2) is 36.4 Å². The summed E-state index contributed by atoms with van der Waals surface area (Å²) in [5, 5.41) is 9.45. The fraction of sp³-hybridized carbons (Fsp3) is 0.286. The predicted octanol–water partition coefficient (Wildman–Crippen LogP) is 3.11. The Morgan fingerprint density at radius 3 is 2.89 bits per heavy atom. The smallest absolute Gasteiger partial charge is 0.413 e. The topological polar surface area (TPSA) is 67.0 Å². The molecule has 2 N–H and O–H groups in total. The maximum atomic E-state index is 11.6. The predicted molar refractivity (Wildman–Crippen MR) is 72.8 cm³/mol. The van der Waals surface area contributed by atoms with Crippen molar-refractivity contribution in [1.82, 2.24) is 10.2 Å². The fourth-order valence-corrected chi connectivity index (χ4v) is 1.69. The lowest BCUT2D eigenvalue weighted by atomic mass is 10.2. The molecule has 0 aliphatic rings. The Labute approximate surface area is 112 Å². The van der Waals surface area contributed by atoms with Gasteiger partial charge in [0.25, 0.3) is 0 Å². The number of ether oxygens (including phenoxy) is 1. The quantitative estimate of drug-likeness (QED) is 0.867. The number of carbonyl (C=O) groups is 1. The number of aromatic amines is 1. The normalized spacial score (nSPS) is 10.2. The van der Waals surface area contributed by atoms with Gasteiger partial charge in [0.2, 0.25) is 0 Å². The minimum absolute atomic E-state index is 0.249. The van der Waals surface area contributed by atoms with Crippen LogP contribution in [0.5, 0.6) is 0 Å². The molecule has 0 aliphatic heterocycles. The molecule has 0 saturated heterocycles. The summed E-state index contributed by atoms with van der Waals surface area (Å²) in [5.74, 6) is 0.488. The molecular weight excluding hydrogens is 242 g/mol. The lowest BCUT2D eigenvalue weighted by Crippen LogP contribution is -2.13. The first kappa shape index (κ1) is 13.1. The number of benzene rings is 1. The highest BCUT2D eigenvalue weighted by Gasteiger charge is 2.06. The number of aromatic nitrogens is 2. The van der Waals surface area contributed by atoms with Crippen molar-refractivity contribution in [3.8, 4) is 0 Å². The number of nitrogens with one attached hydrogen (secondary N) is 2. The SMILES string of the molecule is CCCc1cc(NC(=O)OCc2ccccc2)n[nH]1. The summed E-state index contributed by atoms with van der Waals surface area (Å²) < 4.78 is 5.10. The number of amides is 1. The van der Waals surface area contributed by atoms with E-state index >= 15 is 0 Å². The summed E-state index contributed by atoms with van der Waals surface area (Å²) in [4.78, 5) is 11.6. The molecule has 0 saturated carbocycles. The van der Waals surface area contributed by atoms with E-state index in [1.165, 1.54) is 0 Å². The Morgan fingerprint density at radius 1 is 1.37 bits per heavy atom. The molecule has 1 heterocycles. The van der Waals surface area contributed by atoms with Crippen LogP contribution in [0.3, 0.4) is 0 Å². The molecule has 2 aromatic rings. The first-order chi connectivity index (χ1) is 9.28. The molecule has 0 radical (unpaired) electrons. The van der Waals surface area contributed by atoms with Crippen LogP contribution in [0.2, 0.25) is 0 Å². The summed E-state index contributed by atoms with van der Waals surface area (Å²) in [6.07, 6.45) is 1.44. The molecular formula is C14H17N3O2. The van der Waals surface area contributed by atoms with Gasteiger partial charge in [-0.3, -0.25) is 10.4 Å². The number of rotatable bonds is 5. The van der Waals surface area contributed by atoms with Crippen molar-refractivity contribution in [3.63, 3.8) is 0 Å². The van der Waals surface area contributed by atoms with E-state index in [0.29, 0.717) is 5.82 Å². The van der Waals surface area contributed by atoms with Crippen LogP contribution in [-0.2, 0) is 17.8 Å². The molecule has 0 aliphatic carbocycles. The second kappa shape index (κ2) is 6.58. The molecule has 0 atom stereocenters. The highest BCUT2D eigenvalue weighted by atomic mass is 16.5. The largest absolute Gasteiger partial charge is 0.444 e. The van der Waals surface area contributed by atoms with E-state index in [1.54, 1.807) is 0 Å². The summed E-state index contributed by atoms with van der Waals surface area (Å²) >= 11 is 0. The van der Waals surface area contributed by atoms with Crippen LogP contribution >= 0.6 is 0 Å². The minimum Gasteiger partial charge on any atom is -0.444 e. The van der Waals surface area contributed by atoms with Gasteiger partial charge in [0.05, 0.1) is 0 Å². The van der Waals surface area contributed by atoms with Crippen molar-refractivity contribution in [3.05, 3.63) is 47.7 Å². The summed E-state index contributed by atoms with van der Waals surface area (Å²) in [6.45, 7) is 2.33. The molecule has 5 heteroatoms. The second-order valence-corrected chi connectivity index (χ2v) is 4.22. The van der Waals surface area contributed by atoms with Crippen LogP contribution in [0, 0.1) is 0 Å². The minimum atomic E-state index is -0.501. The fourth-order valence-electron chi connectivity index (χ4n) is 1.69. The monoisotopic (exact) mass is 259 g/mol. The molecule has 0 bridgehead atoms. The third kappa shape index (κ3) is 4.13. The van der Waals surface area contributed by atoms with Crippen molar-refractivity contribution in [2.45, 2.75) is 26.4 Å². The molecule has 0 fully saturated rings. The maximum absolute atomic E-state index is 11.6. The van der Waals surface area contributed by atoms with Gasteiger partial charge in [0.15, 0.2) is 5.82 Å². The van der Waals surface area contributed by atoms with Gasteiger partial charge in [-0.25, -0.2) is 4.79 Å². The van der Waals surface area contributed by atoms with Crippen LogP contribution < -0.4 is 5.32 Å². The zero-order valence-electron chi connectivity index (χ0n) is 10.8. The number of aryl methyl sites for hydroxylation is 1. The van der Waals surface area contributed by atoms with E-state index in [1.807, 2.05) is 36.4 Å². The lowest BCUT2D eigenvalue weighted by Gasteiger charge is -2.04. The van der Waals surface area contributed by atoms with Crippen LogP contribution in [0.1, 0.15) is 24.6 Å². The van der Waals surface area contributed by atoms with Crippen LogP contribution in [0.4, 0.5) is 10.6 Å². The van der Waals surface area contributed by atoms with Gasteiger partial charge in [-0.1, -0.05) is 43.7 Å². The van der Waals surface area contributed by atoms with Crippen molar-refractivity contribution >= 4 is 11.9 Å². The van der Waals surface area contributed by atoms with Gasteiger partial charge in [-0.2, -0.15) is 5.10 Å². The second-order valence-electron chi connectivity index (χ2n) is 4.22. The molecule has 5 nitrogen and oxygen atoms in total. The average molecular weight is 259 g/mol. The van der Waals surface area contributed by atoms with E-state index in [0.717, 1.165) is 24.1 Å². The Morgan fingerprint density at radius 2 is 2.16 bits per heavy atom. The van der Waals surface area contributed by atoms with Gasteiger partial charge in [-0.05, 0) is 12.0 Å². The summed E-state index contributed by atoms with van der Waals surface area (Å²) in [6, 6.07) is 11.3. The average Bonchev–Trinajstić information content (AvgIpc) is 2.85. The Balaban J connectivity index is 1.80. The van der Waals surface area contributed by atoms with Gasteiger partial charge in [0.1, 0.15) is 6.61 Å². The maximum Gasteiger partial charge on any atom is 0.413 e. The third-order valence-corrected chi connectivity index (χ3v) is 2.59. The van der Waals surface area contributed by atoms with Gasteiger partial charge in [-0.15, -0.1) is 0 Å². The van der Waals surface area contributed by atoms with Crippen molar-refractivity contribution in [2.75, 3.05) is 5.32 Å². The number of hydrogen-bond donors (Lipinski definition) is 2. The highest BCUT2D eigenvalue weighted by molar-refractivity contribution is 5.83. The Kier molecular flexibility index (Phi) is 4.55. The Hall–Kier alpha value is -2.30. The first-order valence-electron chi connectivity index (χ1n) is 6.30. The molecule has 1 aromatic heterocycles. The molecule has 1 amide bonds. The zero-order valence-corrected chi connectivity index (χ0v) is 10.8. The van der Waals surface area contributed by atoms with E-state index in [-0.39, 0.29) is 6.61 Å². The molecule has 100 valence electrons. The molecule has 19 heavy (non-hydrogen) atoms. The number of nitrogens with zero attached hydrogens (tertiary/aromatic N) is 1. The van der Waals surface area contributed by atoms with Gasteiger partial charge >= 0.3 is 6.09 Å². The molecule has 2 rings (SSSR count). The molecule has 1 aromatic carbocycles. The number of anilines is 1. The molecule has 0 unspecified atom stereocenters. The highest BCUT2D eigenvalue weighted by Crippen LogP contribution is 2.08. The standard InChI is InChI=1S/C14H17N3O2/c1-2-6-12-9-13(17-16-12)15-14(18)19-10-11-7-4-3-5-8-11/h3-5,7-9H,2,6,10H2,1H3,(H2,15,16,17,18). The Bertz CT molecular complexity index is 522. The molecule has 0 spiro atoms. The number of carbonyl (C=O) groups excluding carboxylic acids is 1. The van der Waals surface area contributed by atoms with E-state index in [4.69, 9.17) is 4.74 Å². The number of H-pyrrole nitrogens is 1. The summed E-state index contributed by atoms with van der Waals surface area (Å²) in [7, 11) is 0. The van der Waals surface area contributed by atoms with Crippen molar-refractivity contribution in [2.24, 2.45) is 0 Å². The number of hydrogen-bond acceptors (Lipinski definition) is 3. The first-order valence-corrected chi connectivity index (χ1v) is 6.30. The summed E-state index contributed by atoms with van der Waals surface area (Å²) in [5.41, 5.74) is 1.95. The van der Waals surface area contributed by atoms with Crippen molar-refractivity contribution < 1.29 is 9.53 Å². The van der Waals surface area contributed by atoms with Crippen LogP contribution in [-0.4, -0.2) is 16.3 Å². The lowest BCUT2D eigenvalue weighted by molar-refractivity contribution is 0.155. The van der Waals surface area contributed by atoms with Crippen LogP contribution in [0.25, 0.3) is 0 Å². The van der Waals surface area contributed by atoms with Crippen molar-refractivity contribution in [1.29, 1.82) is 0 Å².